The van der Waals surface area contributed by atoms with Gasteiger partial charge in [-0.2, -0.15) is 0 Å². The van der Waals surface area contributed by atoms with Gasteiger partial charge < -0.3 is 4.90 Å². The summed E-state index contributed by atoms with van der Waals surface area (Å²) in [6.07, 6.45) is 4.61. The van der Waals surface area contributed by atoms with Crippen molar-refractivity contribution in [1.82, 2.24) is 4.90 Å². The van der Waals surface area contributed by atoms with Gasteiger partial charge in [0.05, 0.1) is 0 Å². The Hall–Kier alpha value is -1.08. The summed E-state index contributed by atoms with van der Waals surface area (Å²) in [5.41, 5.74) is 5.74. The molecule has 0 spiro atoms. The first-order valence-electron chi connectivity index (χ1n) is 6.46. The summed E-state index contributed by atoms with van der Waals surface area (Å²) in [5.74, 6) is 0. The Labute approximate surface area is 106 Å². The lowest BCUT2D eigenvalue weighted by molar-refractivity contribution is 0.419. The molecule has 0 aliphatic heterocycles. The standard InChI is InChI=1S/C16H25N/c1-6-8-15(11-12-17(4)5)16-13(2)9-7-10-14(16)3/h7-10H,6,11-12H2,1-5H3/b15-8-. The van der Waals surface area contributed by atoms with Gasteiger partial charge >= 0.3 is 0 Å². The van der Waals surface area contributed by atoms with Crippen LogP contribution in [0.5, 0.6) is 0 Å². The second-order valence-electron chi connectivity index (χ2n) is 4.96. The van der Waals surface area contributed by atoms with E-state index in [1.807, 2.05) is 0 Å². The lowest BCUT2D eigenvalue weighted by Crippen LogP contribution is -2.13. The number of aryl methyl sites for hydroxylation is 2. The summed E-state index contributed by atoms with van der Waals surface area (Å²) in [5, 5.41) is 0. The Bertz CT molecular complexity index is 368. The summed E-state index contributed by atoms with van der Waals surface area (Å²) in [6, 6.07) is 6.56. The molecule has 0 aliphatic rings. The Morgan fingerprint density at radius 3 is 2.24 bits per heavy atom. The van der Waals surface area contributed by atoms with E-state index < -0.39 is 0 Å². The van der Waals surface area contributed by atoms with E-state index in [1.165, 1.54) is 22.3 Å². The first-order chi connectivity index (χ1) is 8.06. The van der Waals surface area contributed by atoms with Gasteiger partial charge in [-0.25, -0.2) is 0 Å². The van der Waals surface area contributed by atoms with Crippen molar-refractivity contribution in [1.29, 1.82) is 0 Å². The average molecular weight is 231 g/mol. The molecular formula is C16H25N. The fraction of sp³-hybridized carbons (Fsp3) is 0.500. The van der Waals surface area contributed by atoms with E-state index in [9.17, 15) is 0 Å². The Morgan fingerprint density at radius 1 is 1.18 bits per heavy atom. The van der Waals surface area contributed by atoms with Crippen LogP contribution in [0.4, 0.5) is 0 Å². The number of rotatable bonds is 5. The zero-order valence-electron chi connectivity index (χ0n) is 11.9. The van der Waals surface area contributed by atoms with Crippen molar-refractivity contribution in [2.24, 2.45) is 0 Å². The predicted molar refractivity (Wildman–Crippen MR) is 77.4 cm³/mol. The largest absolute Gasteiger partial charge is 0.309 e. The van der Waals surface area contributed by atoms with Gasteiger partial charge in [-0.1, -0.05) is 31.2 Å². The highest BCUT2D eigenvalue weighted by Gasteiger charge is 2.08. The van der Waals surface area contributed by atoms with Crippen molar-refractivity contribution in [3.8, 4) is 0 Å². The molecule has 0 saturated carbocycles. The molecule has 17 heavy (non-hydrogen) atoms. The SMILES string of the molecule is CC/C=C(/CCN(C)C)c1c(C)cccc1C. The summed E-state index contributed by atoms with van der Waals surface area (Å²) >= 11 is 0. The van der Waals surface area contributed by atoms with Crippen LogP contribution in [-0.2, 0) is 0 Å². The van der Waals surface area contributed by atoms with E-state index in [2.05, 4.69) is 64.0 Å². The number of allylic oxidation sites excluding steroid dienone is 1. The molecule has 0 saturated heterocycles. The molecule has 0 N–H and O–H groups in total. The van der Waals surface area contributed by atoms with Crippen LogP contribution in [0.3, 0.4) is 0 Å². The third kappa shape index (κ3) is 4.01. The number of nitrogens with zero attached hydrogens (tertiary/aromatic N) is 1. The van der Waals surface area contributed by atoms with Crippen molar-refractivity contribution < 1.29 is 0 Å². The third-order valence-electron chi connectivity index (χ3n) is 3.08. The molecule has 0 aromatic heterocycles. The van der Waals surface area contributed by atoms with Gasteiger partial charge in [-0.3, -0.25) is 0 Å². The minimum Gasteiger partial charge on any atom is -0.309 e. The maximum Gasteiger partial charge on any atom is 0.00158 e. The highest BCUT2D eigenvalue weighted by Crippen LogP contribution is 2.26. The van der Waals surface area contributed by atoms with Crippen molar-refractivity contribution >= 4 is 5.57 Å². The van der Waals surface area contributed by atoms with E-state index in [1.54, 1.807) is 0 Å². The van der Waals surface area contributed by atoms with Gasteiger partial charge in [0, 0.05) is 6.54 Å². The van der Waals surface area contributed by atoms with Crippen LogP contribution < -0.4 is 0 Å². The minimum atomic E-state index is 1.11. The average Bonchev–Trinajstić information content (AvgIpc) is 2.25. The van der Waals surface area contributed by atoms with E-state index in [0.717, 1.165) is 19.4 Å². The van der Waals surface area contributed by atoms with Gasteiger partial charge in [0.1, 0.15) is 0 Å². The van der Waals surface area contributed by atoms with Crippen LogP contribution in [0.15, 0.2) is 24.3 Å². The zero-order valence-corrected chi connectivity index (χ0v) is 11.9. The molecule has 1 nitrogen and oxygen atoms in total. The molecule has 0 fully saturated rings. The van der Waals surface area contributed by atoms with Crippen LogP contribution in [0.25, 0.3) is 5.57 Å². The number of hydrogen-bond donors (Lipinski definition) is 0. The molecule has 0 aliphatic carbocycles. The Morgan fingerprint density at radius 2 is 1.76 bits per heavy atom. The molecule has 0 bridgehead atoms. The van der Waals surface area contributed by atoms with Crippen molar-refractivity contribution in [3.63, 3.8) is 0 Å². The molecule has 0 amide bonds. The highest BCUT2D eigenvalue weighted by molar-refractivity contribution is 5.70. The maximum atomic E-state index is 2.37. The number of benzene rings is 1. The molecule has 1 heteroatoms. The monoisotopic (exact) mass is 231 g/mol. The van der Waals surface area contributed by atoms with Crippen LogP contribution in [0.1, 0.15) is 36.5 Å². The summed E-state index contributed by atoms with van der Waals surface area (Å²) in [6.45, 7) is 7.74. The summed E-state index contributed by atoms with van der Waals surface area (Å²) in [4.78, 5) is 2.25. The molecular weight excluding hydrogens is 206 g/mol. The second-order valence-corrected chi connectivity index (χ2v) is 4.96. The normalized spacial score (nSPS) is 12.2. The van der Waals surface area contributed by atoms with Crippen LogP contribution in [0, 0.1) is 13.8 Å². The maximum absolute atomic E-state index is 2.37. The van der Waals surface area contributed by atoms with Gasteiger partial charge in [0.15, 0.2) is 0 Å². The van der Waals surface area contributed by atoms with Crippen molar-refractivity contribution in [2.45, 2.75) is 33.6 Å². The minimum absolute atomic E-state index is 1.11. The van der Waals surface area contributed by atoms with E-state index in [0.29, 0.717) is 0 Å². The quantitative estimate of drug-likeness (QED) is 0.739. The van der Waals surface area contributed by atoms with E-state index in [-0.39, 0.29) is 0 Å². The molecule has 1 aromatic carbocycles. The lowest BCUT2D eigenvalue weighted by atomic mass is 9.93. The summed E-state index contributed by atoms with van der Waals surface area (Å²) in [7, 11) is 4.27. The van der Waals surface area contributed by atoms with Crippen molar-refractivity contribution in [2.75, 3.05) is 20.6 Å². The fourth-order valence-corrected chi connectivity index (χ4v) is 2.24. The molecule has 1 rings (SSSR count). The van der Waals surface area contributed by atoms with E-state index >= 15 is 0 Å². The molecule has 94 valence electrons. The topological polar surface area (TPSA) is 3.24 Å². The van der Waals surface area contributed by atoms with Crippen LogP contribution >= 0.6 is 0 Å². The highest BCUT2D eigenvalue weighted by atomic mass is 15.0. The van der Waals surface area contributed by atoms with Crippen LogP contribution in [-0.4, -0.2) is 25.5 Å². The first-order valence-corrected chi connectivity index (χ1v) is 6.46. The predicted octanol–water partition coefficient (Wildman–Crippen LogP) is 4.05. The molecule has 1 aromatic rings. The van der Waals surface area contributed by atoms with Gasteiger partial charge in [0.2, 0.25) is 0 Å². The summed E-state index contributed by atoms with van der Waals surface area (Å²) < 4.78 is 0. The zero-order chi connectivity index (χ0) is 12.8. The Kier molecular flexibility index (Phi) is 5.43. The fourth-order valence-electron chi connectivity index (χ4n) is 2.24. The third-order valence-corrected chi connectivity index (χ3v) is 3.08. The van der Waals surface area contributed by atoms with Gasteiger partial charge in [0.25, 0.3) is 0 Å². The van der Waals surface area contributed by atoms with Crippen LogP contribution in [0.2, 0.25) is 0 Å². The van der Waals surface area contributed by atoms with Gasteiger partial charge in [-0.15, -0.1) is 0 Å². The molecule has 0 atom stereocenters. The lowest BCUT2D eigenvalue weighted by Gasteiger charge is -2.16. The molecule has 0 heterocycles. The first kappa shape index (κ1) is 14.0. The molecule has 0 unspecified atom stereocenters. The smallest absolute Gasteiger partial charge is 0.00158 e. The molecule has 0 radical (unpaired) electrons. The number of hydrogen-bond acceptors (Lipinski definition) is 1. The van der Waals surface area contributed by atoms with Crippen molar-refractivity contribution in [3.05, 3.63) is 41.0 Å². The van der Waals surface area contributed by atoms with Gasteiger partial charge in [-0.05, 0) is 63.0 Å². The second kappa shape index (κ2) is 6.61. The van der Waals surface area contributed by atoms with E-state index in [4.69, 9.17) is 0 Å². The Balaban J connectivity index is 3.02.